The third kappa shape index (κ3) is 6.10. The Bertz CT molecular complexity index is 904. The number of aryl methyl sites for hydroxylation is 2. The largest absolute Gasteiger partial charge is 0.493 e. The van der Waals surface area contributed by atoms with E-state index in [0.29, 0.717) is 17.1 Å². The van der Waals surface area contributed by atoms with Crippen LogP contribution in [0.25, 0.3) is 6.08 Å². The molecule has 0 radical (unpaired) electrons. The second-order valence-electron chi connectivity index (χ2n) is 6.66. The van der Waals surface area contributed by atoms with E-state index in [-0.39, 0.29) is 18.6 Å². The predicted octanol–water partition coefficient (Wildman–Crippen LogP) is 3.75. The fourth-order valence-electron chi connectivity index (χ4n) is 2.79. The number of hydrogen-bond donors (Lipinski definition) is 1. The second kappa shape index (κ2) is 10.3. The Hall–Kier alpha value is -3.28. The van der Waals surface area contributed by atoms with Gasteiger partial charge in [-0.3, -0.25) is 4.79 Å². The van der Waals surface area contributed by atoms with E-state index in [2.05, 4.69) is 5.32 Å². The highest BCUT2D eigenvalue weighted by Crippen LogP contribution is 2.31. The highest BCUT2D eigenvalue weighted by Gasteiger charge is 2.12. The number of para-hydroxylation sites is 1. The van der Waals surface area contributed by atoms with E-state index in [0.717, 1.165) is 11.1 Å². The summed E-state index contributed by atoms with van der Waals surface area (Å²) in [5.74, 6) is 0.0852. The molecule has 0 fully saturated rings. The zero-order chi connectivity index (χ0) is 21.4. The fraction of sp³-hybridized carbons (Fsp3) is 0.304. The topological polar surface area (TPSA) is 73.9 Å². The monoisotopic (exact) mass is 397 g/mol. The summed E-state index contributed by atoms with van der Waals surface area (Å²) in [6.45, 7) is 5.60. The van der Waals surface area contributed by atoms with Crippen molar-refractivity contribution in [3.05, 3.63) is 64.7 Å². The van der Waals surface area contributed by atoms with Crippen LogP contribution in [0.3, 0.4) is 0 Å². The van der Waals surface area contributed by atoms with Gasteiger partial charge in [-0.2, -0.15) is 0 Å². The van der Waals surface area contributed by atoms with Crippen molar-refractivity contribution >= 4 is 18.0 Å². The lowest BCUT2D eigenvalue weighted by Gasteiger charge is -2.15. The number of methoxy groups -OCH3 is 2. The molecule has 0 spiro atoms. The number of nitrogens with one attached hydrogen (secondary N) is 1. The number of ether oxygens (including phenoxy) is 3. The lowest BCUT2D eigenvalue weighted by molar-refractivity contribution is -0.144. The third-order valence-electron chi connectivity index (χ3n) is 4.59. The van der Waals surface area contributed by atoms with E-state index >= 15 is 0 Å². The van der Waals surface area contributed by atoms with Gasteiger partial charge in [-0.05, 0) is 49.6 Å². The predicted molar refractivity (Wildman–Crippen MR) is 112 cm³/mol. The molecule has 2 aromatic carbocycles. The van der Waals surface area contributed by atoms with E-state index in [9.17, 15) is 9.59 Å². The first-order chi connectivity index (χ1) is 13.8. The number of carbonyl (C=O) groups excluding carboxylic acids is 2. The molecule has 2 aromatic rings. The van der Waals surface area contributed by atoms with Crippen molar-refractivity contribution in [3.63, 3.8) is 0 Å². The zero-order valence-corrected chi connectivity index (χ0v) is 17.4. The summed E-state index contributed by atoms with van der Waals surface area (Å²) in [4.78, 5) is 24.0. The van der Waals surface area contributed by atoms with Gasteiger partial charge in [0.15, 0.2) is 18.1 Å². The average Bonchev–Trinajstić information content (AvgIpc) is 2.72. The Balaban J connectivity index is 1.89. The summed E-state index contributed by atoms with van der Waals surface area (Å²) in [7, 11) is 3.06. The molecule has 154 valence electrons. The summed E-state index contributed by atoms with van der Waals surface area (Å²) in [6, 6.07) is 11.2. The standard InChI is InChI=1S/C23H27NO5/c1-15-9-10-19(13-16(15)2)17(3)24-21(25)14-29-22(26)12-11-18-7-6-8-20(27-4)23(18)28-5/h6-13,17H,14H2,1-5H3,(H,24,25)/b12-11+/t17-/m0/s1. The van der Waals surface area contributed by atoms with Gasteiger partial charge in [0, 0.05) is 11.6 Å². The molecule has 0 saturated heterocycles. The molecule has 1 amide bonds. The molecule has 1 atom stereocenters. The maximum atomic E-state index is 12.1. The first kappa shape index (κ1) is 22.0. The Morgan fingerprint density at radius 3 is 2.48 bits per heavy atom. The maximum absolute atomic E-state index is 12.1. The molecule has 2 rings (SSSR count). The van der Waals surface area contributed by atoms with Gasteiger partial charge in [0.25, 0.3) is 5.91 Å². The fourth-order valence-corrected chi connectivity index (χ4v) is 2.79. The molecule has 0 unspecified atom stereocenters. The molecule has 0 bridgehead atoms. The summed E-state index contributed by atoms with van der Waals surface area (Å²) in [5.41, 5.74) is 4.02. The van der Waals surface area contributed by atoms with Gasteiger partial charge in [0.2, 0.25) is 0 Å². The minimum atomic E-state index is -0.621. The summed E-state index contributed by atoms with van der Waals surface area (Å²) in [6.07, 6.45) is 2.80. The van der Waals surface area contributed by atoms with Crippen molar-refractivity contribution < 1.29 is 23.8 Å². The van der Waals surface area contributed by atoms with Crippen LogP contribution in [0.15, 0.2) is 42.5 Å². The quantitative estimate of drug-likeness (QED) is 0.542. The van der Waals surface area contributed by atoms with Crippen LogP contribution in [0.2, 0.25) is 0 Å². The van der Waals surface area contributed by atoms with Crippen LogP contribution in [0.1, 0.15) is 35.2 Å². The number of benzene rings is 2. The zero-order valence-electron chi connectivity index (χ0n) is 17.4. The Morgan fingerprint density at radius 1 is 1.07 bits per heavy atom. The Kier molecular flexibility index (Phi) is 7.83. The molecule has 6 nitrogen and oxygen atoms in total. The van der Waals surface area contributed by atoms with E-state index < -0.39 is 5.97 Å². The van der Waals surface area contributed by atoms with Crippen LogP contribution in [-0.4, -0.2) is 32.7 Å². The molecule has 6 heteroatoms. The van der Waals surface area contributed by atoms with E-state index in [1.165, 1.54) is 25.9 Å². The minimum absolute atomic E-state index is 0.183. The van der Waals surface area contributed by atoms with Gasteiger partial charge in [0.1, 0.15) is 0 Å². The van der Waals surface area contributed by atoms with Crippen molar-refractivity contribution in [1.82, 2.24) is 5.32 Å². The lowest BCUT2D eigenvalue weighted by Crippen LogP contribution is -2.31. The van der Waals surface area contributed by atoms with Crippen molar-refractivity contribution in [3.8, 4) is 11.5 Å². The summed E-state index contributed by atoms with van der Waals surface area (Å²) >= 11 is 0. The highest BCUT2D eigenvalue weighted by molar-refractivity contribution is 5.90. The number of amides is 1. The van der Waals surface area contributed by atoms with Gasteiger partial charge >= 0.3 is 5.97 Å². The number of carbonyl (C=O) groups is 2. The molecular formula is C23H27NO5. The van der Waals surface area contributed by atoms with Gasteiger partial charge in [-0.1, -0.05) is 30.3 Å². The molecule has 0 saturated carbocycles. The van der Waals surface area contributed by atoms with Gasteiger partial charge < -0.3 is 19.5 Å². The molecular weight excluding hydrogens is 370 g/mol. The van der Waals surface area contributed by atoms with E-state index in [1.54, 1.807) is 24.3 Å². The van der Waals surface area contributed by atoms with Crippen LogP contribution in [0.5, 0.6) is 11.5 Å². The van der Waals surface area contributed by atoms with E-state index in [1.807, 2.05) is 39.0 Å². The second-order valence-corrected chi connectivity index (χ2v) is 6.66. The summed E-state index contributed by atoms with van der Waals surface area (Å²) < 4.78 is 15.6. The molecule has 29 heavy (non-hydrogen) atoms. The molecule has 0 heterocycles. The normalized spacial score (nSPS) is 11.8. The Morgan fingerprint density at radius 2 is 1.83 bits per heavy atom. The van der Waals surface area contributed by atoms with Crippen LogP contribution < -0.4 is 14.8 Å². The minimum Gasteiger partial charge on any atom is -0.493 e. The third-order valence-corrected chi connectivity index (χ3v) is 4.59. The molecule has 1 N–H and O–H groups in total. The Labute approximate surface area is 171 Å². The van der Waals surface area contributed by atoms with Gasteiger partial charge in [-0.15, -0.1) is 0 Å². The molecule has 0 aromatic heterocycles. The van der Waals surface area contributed by atoms with Crippen molar-refractivity contribution in [2.24, 2.45) is 0 Å². The van der Waals surface area contributed by atoms with Crippen LogP contribution in [0, 0.1) is 13.8 Å². The lowest BCUT2D eigenvalue weighted by atomic mass is 10.0. The number of rotatable bonds is 8. The van der Waals surface area contributed by atoms with Crippen molar-refractivity contribution in [2.75, 3.05) is 20.8 Å². The SMILES string of the molecule is COc1cccc(/C=C/C(=O)OCC(=O)N[C@@H](C)c2ccc(C)c(C)c2)c1OC. The highest BCUT2D eigenvalue weighted by atomic mass is 16.5. The van der Waals surface area contributed by atoms with Crippen molar-refractivity contribution in [1.29, 1.82) is 0 Å². The van der Waals surface area contributed by atoms with Gasteiger partial charge in [0.05, 0.1) is 20.3 Å². The van der Waals surface area contributed by atoms with Crippen LogP contribution in [0.4, 0.5) is 0 Å². The smallest absolute Gasteiger partial charge is 0.331 e. The molecule has 0 aliphatic carbocycles. The average molecular weight is 397 g/mol. The van der Waals surface area contributed by atoms with Crippen molar-refractivity contribution in [2.45, 2.75) is 26.8 Å². The number of esters is 1. The molecule has 0 aliphatic heterocycles. The summed E-state index contributed by atoms with van der Waals surface area (Å²) in [5, 5.41) is 2.83. The number of hydrogen-bond acceptors (Lipinski definition) is 5. The van der Waals surface area contributed by atoms with Crippen LogP contribution in [-0.2, 0) is 14.3 Å². The molecule has 0 aliphatic rings. The van der Waals surface area contributed by atoms with Gasteiger partial charge in [-0.25, -0.2) is 4.79 Å². The maximum Gasteiger partial charge on any atom is 0.331 e. The first-order valence-corrected chi connectivity index (χ1v) is 9.28. The first-order valence-electron chi connectivity index (χ1n) is 9.28. The van der Waals surface area contributed by atoms with E-state index in [4.69, 9.17) is 14.2 Å². The van der Waals surface area contributed by atoms with Crippen LogP contribution >= 0.6 is 0 Å².